The molecule has 12 nitrogen and oxygen atoms in total. The molecule has 6 rings (SSSR count). The summed E-state index contributed by atoms with van der Waals surface area (Å²) in [4.78, 5) is 41.9. The predicted molar refractivity (Wildman–Crippen MR) is 165 cm³/mol. The molecule has 46 heavy (non-hydrogen) atoms. The number of hydrogen-bond donors (Lipinski definition) is 1. The Labute approximate surface area is 265 Å². The van der Waals surface area contributed by atoms with Gasteiger partial charge in [-0.15, -0.1) is 0 Å². The zero-order chi connectivity index (χ0) is 32.2. The third-order valence-corrected chi connectivity index (χ3v) is 8.26. The van der Waals surface area contributed by atoms with Gasteiger partial charge >= 0.3 is 6.09 Å². The third-order valence-electron chi connectivity index (χ3n) is 8.26. The summed E-state index contributed by atoms with van der Waals surface area (Å²) in [5, 5.41) is 3.00. The number of nitrogens with one attached hydrogen (secondary N) is 1. The van der Waals surface area contributed by atoms with Crippen molar-refractivity contribution < 1.29 is 32.6 Å². The van der Waals surface area contributed by atoms with Crippen LogP contribution in [-0.2, 0) is 14.3 Å². The number of para-hydroxylation sites is 2. The lowest BCUT2D eigenvalue weighted by Crippen LogP contribution is -2.38. The molecule has 244 valence electrons. The molecular formula is C32H37F2N7O5. The van der Waals surface area contributed by atoms with Crippen molar-refractivity contribution in [1.82, 2.24) is 29.7 Å². The Hall–Kier alpha value is -4.59. The van der Waals surface area contributed by atoms with Crippen LogP contribution < -0.4 is 15.0 Å². The minimum Gasteiger partial charge on any atom is -0.474 e. The van der Waals surface area contributed by atoms with Gasteiger partial charge in [-0.2, -0.15) is 9.97 Å². The van der Waals surface area contributed by atoms with Gasteiger partial charge in [-0.05, 0) is 50.0 Å². The number of alkyl halides is 2. The average molecular weight is 638 g/mol. The van der Waals surface area contributed by atoms with E-state index >= 15 is 0 Å². The van der Waals surface area contributed by atoms with Gasteiger partial charge in [-0.1, -0.05) is 18.2 Å². The summed E-state index contributed by atoms with van der Waals surface area (Å²) >= 11 is 0. The molecule has 1 aliphatic heterocycles. The van der Waals surface area contributed by atoms with E-state index in [1.54, 1.807) is 56.6 Å². The van der Waals surface area contributed by atoms with Gasteiger partial charge < -0.3 is 29.3 Å². The van der Waals surface area contributed by atoms with Crippen molar-refractivity contribution in [3.63, 3.8) is 0 Å². The van der Waals surface area contributed by atoms with Crippen molar-refractivity contribution in [2.75, 3.05) is 45.3 Å². The topological polar surface area (TPSA) is 124 Å². The Kier molecular flexibility index (Phi) is 9.43. The van der Waals surface area contributed by atoms with Crippen LogP contribution in [0.1, 0.15) is 44.4 Å². The fourth-order valence-electron chi connectivity index (χ4n) is 5.84. The molecular weight excluding hydrogens is 600 g/mol. The van der Waals surface area contributed by atoms with E-state index in [1.807, 2.05) is 11.0 Å². The Morgan fingerprint density at radius 2 is 1.83 bits per heavy atom. The number of benzene rings is 1. The van der Waals surface area contributed by atoms with E-state index in [-0.39, 0.29) is 29.6 Å². The number of imidazole rings is 1. The Bertz CT molecular complexity index is 1630. The van der Waals surface area contributed by atoms with Crippen LogP contribution in [0, 0.1) is 5.92 Å². The number of halogens is 2. The van der Waals surface area contributed by atoms with E-state index < -0.39 is 24.4 Å². The Morgan fingerprint density at radius 3 is 2.57 bits per heavy atom. The van der Waals surface area contributed by atoms with Crippen molar-refractivity contribution in [3.8, 4) is 11.7 Å². The molecule has 3 heterocycles. The highest BCUT2D eigenvalue weighted by Gasteiger charge is 2.30. The summed E-state index contributed by atoms with van der Waals surface area (Å²) in [6, 6.07) is 8.51. The first-order chi connectivity index (χ1) is 22.2. The highest BCUT2D eigenvalue weighted by molar-refractivity contribution is 5.80. The molecule has 0 bridgehead atoms. The van der Waals surface area contributed by atoms with E-state index in [0.717, 1.165) is 0 Å². The van der Waals surface area contributed by atoms with Crippen LogP contribution in [0.5, 0.6) is 5.88 Å². The van der Waals surface area contributed by atoms with E-state index in [4.69, 9.17) is 14.2 Å². The van der Waals surface area contributed by atoms with Gasteiger partial charge in [0, 0.05) is 51.3 Å². The molecule has 3 aliphatic rings. The minimum atomic E-state index is -2.82. The van der Waals surface area contributed by atoms with Crippen LogP contribution in [0.4, 0.5) is 19.5 Å². The number of carbonyl (C=O) groups is 2. The van der Waals surface area contributed by atoms with Crippen LogP contribution in [0.15, 0.2) is 54.3 Å². The van der Waals surface area contributed by atoms with Gasteiger partial charge in [-0.3, -0.25) is 9.36 Å². The normalized spacial score (nSPS) is 21.6. The summed E-state index contributed by atoms with van der Waals surface area (Å²) in [6.07, 6.45) is 4.27. The van der Waals surface area contributed by atoms with Crippen LogP contribution in [0.3, 0.4) is 0 Å². The summed E-state index contributed by atoms with van der Waals surface area (Å²) in [7, 11) is 3.23. The first-order valence-corrected chi connectivity index (χ1v) is 15.5. The predicted octanol–water partition coefficient (Wildman–Crippen LogP) is 4.55. The fourth-order valence-corrected chi connectivity index (χ4v) is 5.84. The first-order valence-electron chi connectivity index (χ1n) is 15.5. The van der Waals surface area contributed by atoms with Gasteiger partial charge in [0.15, 0.2) is 5.82 Å². The summed E-state index contributed by atoms with van der Waals surface area (Å²) in [6.45, 7) is 2.11. The number of anilines is 1. The Morgan fingerprint density at radius 1 is 1.07 bits per heavy atom. The second-order valence-electron chi connectivity index (χ2n) is 11.7. The number of aromatic nitrogens is 4. The zero-order valence-corrected chi connectivity index (χ0v) is 25.8. The second kappa shape index (κ2) is 13.8. The lowest BCUT2D eigenvalue weighted by atomic mass is 9.86. The number of rotatable bonds is 8. The molecule has 14 heteroatoms. The van der Waals surface area contributed by atoms with Crippen LogP contribution in [-0.4, -0.2) is 89.0 Å². The van der Waals surface area contributed by atoms with Crippen molar-refractivity contribution in [2.24, 2.45) is 5.92 Å². The third kappa shape index (κ3) is 7.11. The second-order valence-corrected chi connectivity index (χ2v) is 11.7. The standard InChI is InChI=1S/C32H37F2N7O5/c1-39(2)32(43)46-23-7-5-6-21(18-23)35-30(42)20-10-12-22(13-11-20)45-27-19-26(37-31(38-27)40-14-16-44-17-15-40)41-25-9-4-3-8-24(25)36-29(41)28(33)34/h3-9,19-20,22-23,28H,10-18H2,1-2H3,(H,35,42). The smallest absolute Gasteiger partial charge is 0.409 e. The van der Waals surface area contributed by atoms with E-state index in [9.17, 15) is 18.4 Å². The van der Waals surface area contributed by atoms with E-state index in [2.05, 4.69) is 20.3 Å². The fraction of sp³-hybridized carbons (Fsp3) is 0.469. The molecule has 0 radical (unpaired) electrons. The van der Waals surface area contributed by atoms with Gasteiger partial charge in [0.2, 0.25) is 17.7 Å². The highest BCUT2D eigenvalue weighted by Crippen LogP contribution is 2.32. The average Bonchev–Trinajstić information content (AvgIpc) is 3.46. The van der Waals surface area contributed by atoms with Gasteiger partial charge in [-0.25, -0.2) is 18.6 Å². The molecule has 0 spiro atoms. The molecule has 1 N–H and O–H groups in total. The van der Waals surface area contributed by atoms with Crippen molar-refractivity contribution >= 4 is 29.0 Å². The molecule has 2 fully saturated rings. The number of hydrogen-bond acceptors (Lipinski definition) is 9. The number of nitrogens with zero attached hydrogens (tertiary/aromatic N) is 6. The van der Waals surface area contributed by atoms with E-state index in [0.29, 0.717) is 81.1 Å². The van der Waals surface area contributed by atoms with Crippen molar-refractivity contribution in [2.45, 2.75) is 50.7 Å². The maximum Gasteiger partial charge on any atom is 0.409 e. The summed E-state index contributed by atoms with van der Waals surface area (Å²) < 4.78 is 47.0. The molecule has 2 aromatic heterocycles. The van der Waals surface area contributed by atoms with Crippen LogP contribution in [0.25, 0.3) is 16.9 Å². The molecule has 1 atom stereocenters. The lowest BCUT2D eigenvalue weighted by molar-refractivity contribution is -0.125. The lowest BCUT2D eigenvalue weighted by Gasteiger charge is -2.30. The molecule has 3 aromatic rings. The van der Waals surface area contributed by atoms with Crippen molar-refractivity contribution in [3.05, 3.63) is 60.1 Å². The number of allylic oxidation sites excluding steroid dienone is 2. The quantitative estimate of drug-likeness (QED) is 0.379. The number of fused-ring (bicyclic) bond motifs is 1. The largest absolute Gasteiger partial charge is 0.474 e. The number of morpholine rings is 1. The maximum atomic E-state index is 14.2. The molecule has 1 unspecified atom stereocenters. The molecule has 2 aliphatic carbocycles. The summed E-state index contributed by atoms with van der Waals surface area (Å²) in [5.74, 6) is 0.193. The van der Waals surface area contributed by atoms with Gasteiger partial charge in [0.25, 0.3) is 6.43 Å². The Balaban J connectivity index is 1.14. The molecule has 1 saturated heterocycles. The first kappa shape index (κ1) is 31.4. The zero-order valence-electron chi connectivity index (χ0n) is 25.8. The van der Waals surface area contributed by atoms with Gasteiger partial charge in [0.05, 0.1) is 24.2 Å². The monoisotopic (exact) mass is 637 g/mol. The number of carbonyl (C=O) groups excluding carboxylic acids is 2. The maximum absolute atomic E-state index is 14.2. The number of ether oxygens (including phenoxy) is 3. The highest BCUT2D eigenvalue weighted by atomic mass is 19.3. The minimum absolute atomic E-state index is 0.0804. The molecule has 2 amide bonds. The van der Waals surface area contributed by atoms with E-state index in [1.165, 1.54) is 9.47 Å². The van der Waals surface area contributed by atoms with Crippen molar-refractivity contribution in [1.29, 1.82) is 0 Å². The van der Waals surface area contributed by atoms with Gasteiger partial charge in [0.1, 0.15) is 18.0 Å². The van der Waals surface area contributed by atoms with Crippen LogP contribution in [0.2, 0.25) is 0 Å². The van der Waals surface area contributed by atoms with Crippen LogP contribution >= 0.6 is 0 Å². The SMILES string of the molecule is CN(C)C(=O)OC1C=CC=C(NC(=O)C2CCC(Oc3cc(-n4c(C(F)F)nc5ccccc54)nc(N4CCOCC4)n3)CC2)C1. The summed E-state index contributed by atoms with van der Waals surface area (Å²) in [5.41, 5.74) is 1.64. The number of amides is 2. The molecule has 1 aromatic carbocycles. The molecule has 1 saturated carbocycles.